The Balaban J connectivity index is 1.59. The molecule has 0 bridgehead atoms. The maximum Gasteiger partial charge on any atom is 0.224 e. The van der Waals surface area contributed by atoms with Crippen molar-refractivity contribution in [1.82, 2.24) is 5.32 Å². The van der Waals surface area contributed by atoms with Crippen molar-refractivity contribution in [2.75, 3.05) is 0 Å². The van der Waals surface area contributed by atoms with Crippen LogP contribution in [0.4, 0.5) is 4.39 Å². The summed E-state index contributed by atoms with van der Waals surface area (Å²) in [6.45, 7) is 0.440. The lowest BCUT2D eigenvalue weighted by atomic mass is 10.1. The fourth-order valence-electron chi connectivity index (χ4n) is 2.71. The molecule has 4 heteroatoms. The van der Waals surface area contributed by atoms with Crippen LogP contribution in [0.1, 0.15) is 16.7 Å². The molecule has 0 radical (unpaired) electrons. The zero-order valence-corrected chi connectivity index (χ0v) is 13.0. The van der Waals surface area contributed by atoms with Crippen LogP contribution in [0.25, 0.3) is 0 Å². The van der Waals surface area contributed by atoms with E-state index in [1.165, 1.54) is 23.3 Å². The quantitative estimate of drug-likeness (QED) is 0.902. The Bertz CT molecular complexity index is 669. The second-order valence-electron chi connectivity index (χ2n) is 5.36. The highest BCUT2D eigenvalue weighted by Crippen LogP contribution is 2.29. The predicted octanol–water partition coefficient (Wildman–Crippen LogP) is 3.62. The Morgan fingerprint density at radius 3 is 2.62 bits per heavy atom. The van der Waals surface area contributed by atoms with Crippen LogP contribution in [0.5, 0.6) is 0 Å². The van der Waals surface area contributed by atoms with Crippen molar-refractivity contribution in [3.63, 3.8) is 0 Å². The van der Waals surface area contributed by atoms with Crippen LogP contribution in [0.3, 0.4) is 0 Å². The minimum Gasteiger partial charge on any atom is -0.352 e. The minimum absolute atomic E-state index is 0.00486. The molecule has 1 N–H and O–H groups in total. The molecule has 0 aromatic heterocycles. The summed E-state index contributed by atoms with van der Waals surface area (Å²) in [5.74, 6) is -0.205. The second-order valence-corrected chi connectivity index (χ2v) is 6.28. The molecule has 1 aliphatic rings. The van der Waals surface area contributed by atoms with Gasteiger partial charge in [-0.3, -0.25) is 4.79 Å². The summed E-state index contributed by atoms with van der Waals surface area (Å²) in [5.41, 5.74) is 3.40. The lowest BCUT2D eigenvalue weighted by Crippen LogP contribution is -2.30. The Morgan fingerprint density at radius 2 is 1.86 bits per heavy atom. The van der Waals surface area contributed by atoms with Gasteiger partial charge in [-0.25, -0.2) is 4.39 Å². The first-order valence-electron chi connectivity index (χ1n) is 6.91. The third-order valence-corrected chi connectivity index (χ3v) is 4.34. The van der Waals surface area contributed by atoms with E-state index in [0.717, 1.165) is 22.9 Å². The van der Waals surface area contributed by atoms with Gasteiger partial charge in [0.25, 0.3) is 0 Å². The van der Waals surface area contributed by atoms with Gasteiger partial charge in [-0.2, -0.15) is 0 Å². The van der Waals surface area contributed by atoms with Crippen molar-refractivity contribution in [2.45, 2.75) is 19.4 Å². The van der Waals surface area contributed by atoms with Crippen molar-refractivity contribution >= 4 is 21.8 Å². The third-order valence-electron chi connectivity index (χ3n) is 3.85. The first-order valence-corrected chi connectivity index (χ1v) is 7.70. The molecule has 0 fully saturated rings. The number of fused-ring (bicyclic) bond motifs is 1. The Kier molecular flexibility index (Phi) is 4.06. The SMILES string of the molecule is O=C(NCc1ccc(F)cc1)C1Cc2ccc(Br)cc2C1. The van der Waals surface area contributed by atoms with E-state index in [9.17, 15) is 9.18 Å². The van der Waals surface area contributed by atoms with Gasteiger partial charge >= 0.3 is 0 Å². The molecular weight excluding hydrogens is 333 g/mol. The Morgan fingerprint density at radius 1 is 1.14 bits per heavy atom. The molecule has 2 nitrogen and oxygen atoms in total. The molecule has 1 amide bonds. The standard InChI is InChI=1S/C17H15BrFNO/c18-15-4-3-12-7-14(8-13(12)9-15)17(21)20-10-11-1-5-16(19)6-2-11/h1-6,9,14H,7-8,10H2,(H,20,21). The highest BCUT2D eigenvalue weighted by atomic mass is 79.9. The van der Waals surface area contributed by atoms with Crippen molar-refractivity contribution in [2.24, 2.45) is 5.92 Å². The number of carbonyl (C=O) groups excluding carboxylic acids is 1. The molecular formula is C17H15BrFNO. The lowest BCUT2D eigenvalue weighted by molar-refractivity contribution is -0.124. The molecule has 2 aromatic rings. The van der Waals surface area contributed by atoms with E-state index in [1.54, 1.807) is 12.1 Å². The van der Waals surface area contributed by atoms with Crippen molar-refractivity contribution in [3.8, 4) is 0 Å². The van der Waals surface area contributed by atoms with Crippen LogP contribution in [0, 0.1) is 11.7 Å². The molecule has 3 rings (SSSR count). The van der Waals surface area contributed by atoms with E-state index < -0.39 is 0 Å². The van der Waals surface area contributed by atoms with E-state index in [1.807, 2.05) is 6.07 Å². The topological polar surface area (TPSA) is 29.1 Å². The van der Waals surface area contributed by atoms with Crippen LogP contribution < -0.4 is 5.32 Å². The number of hydrogen-bond acceptors (Lipinski definition) is 1. The summed E-state index contributed by atoms with van der Waals surface area (Å²) in [6.07, 6.45) is 1.57. The second kappa shape index (κ2) is 5.98. The molecule has 2 aromatic carbocycles. The predicted molar refractivity (Wildman–Crippen MR) is 83.3 cm³/mol. The average Bonchev–Trinajstić information content (AvgIpc) is 2.89. The monoisotopic (exact) mass is 347 g/mol. The van der Waals surface area contributed by atoms with Crippen LogP contribution in [0.15, 0.2) is 46.9 Å². The zero-order chi connectivity index (χ0) is 14.8. The number of amides is 1. The molecule has 0 saturated heterocycles. The van der Waals surface area contributed by atoms with Crippen LogP contribution in [0.2, 0.25) is 0 Å². The molecule has 21 heavy (non-hydrogen) atoms. The number of carbonyl (C=O) groups is 1. The minimum atomic E-state index is -0.262. The molecule has 108 valence electrons. The molecule has 0 spiro atoms. The largest absolute Gasteiger partial charge is 0.352 e. The first kappa shape index (κ1) is 14.3. The van der Waals surface area contributed by atoms with Gasteiger partial charge in [0.1, 0.15) is 5.82 Å². The fourth-order valence-corrected chi connectivity index (χ4v) is 3.12. The maximum atomic E-state index is 12.8. The van der Waals surface area contributed by atoms with Gasteiger partial charge in [0.2, 0.25) is 5.91 Å². The third kappa shape index (κ3) is 3.32. The lowest BCUT2D eigenvalue weighted by Gasteiger charge is -2.10. The van der Waals surface area contributed by atoms with Gasteiger partial charge in [-0.1, -0.05) is 34.1 Å². The first-order chi connectivity index (χ1) is 10.1. The van der Waals surface area contributed by atoms with Crippen LogP contribution in [-0.4, -0.2) is 5.91 Å². The number of hydrogen-bond donors (Lipinski definition) is 1. The highest BCUT2D eigenvalue weighted by molar-refractivity contribution is 9.10. The van der Waals surface area contributed by atoms with Crippen molar-refractivity contribution in [3.05, 3.63) is 69.4 Å². The number of benzene rings is 2. The highest BCUT2D eigenvalue weighted by Gasteiger charge is 2.27. The maximum absolute atomic E-state index is 12.8. The normalized spacial score (nSPS) is 16.6. The molecule has 1 aliphatic carbocycles. The number of halogens is 2. The average molecular weight is 348 g/mol. The van der Waals surface area contributed by atoms with E-state index in [0.29, 0.717) is 6.54 Å². The number of rotatable bonds is 3. The molecule has 0 heterocycles. The van der Waals surface area contributed by atoms with Crippen LogP contribution in [-0.2, 0) is 24.2 Å². The van der Waals surface area contributed by atoms with Crippen LogP contribution >= 0.6 is 15.9 Å². The van der Waals surface area contributed by atoms with Crippen molar-refractivity contribution in [1.29, 1.82) is 0 Å². The smallest absolute Gasteiger partial charge is 0.224 e. The summed E-state index contributed by atoms with van der Waals surface area (Å²) >= 11 is 3.46. The van der Waals surface area contributed by atoms with Gasteiger partial charge in [0, 0.05) is 16.9 Å². The zero-order valence-electron chi connectivity index (χ0n) is 11.4. The Hall–Kier alpha value is -1.68. The van der Waals surface area contributed by atoms with Gasteiger partial charge in [-0.05, 0) is 53.8 Å². The van der Waals surface area contributed by atoms with E-state index in [2.05, 4.69) is 33.4 Å². The summed E-state index contributed by atoms with van der Waals surface area (Å²) in [7, 11) is 0. The molecule has 0 saturated carbocycles. The van der Waals surface area contributed by atoms with Gasteiger partial charge in [0.15, 0.2) is 0 Å². The summed E-state index contributed by atoms with van der Waals surface area (Å²) in [4.78, 5) is 12.2. The summed E-state index contributed by atoms with van der Waals surface area (Å²) < 4.78 is 13.9. The molecule has 1 atom stereocenters. The van der Waals surface area contributed by atoms with Crippen molar-refractivity contribution < 1.29 is 9.18 Å². The molecule has 1 unspecified atom stereocenters. The number of nitrogens with one attached hydrogen (secondary N) is 1. The van der Waals surface area contributed by atoms with Gasteiger partial charge in [-0.15, -0.1) is 0 Å². The van der Waals surface area contributed by atoms with Gasteiger partial charge < -0.3 is 5.32 Å². The van der Waals surface area contributed by atoms with E-state index in [4.69, 9.17) is 0 Å². The van der Waals surface area contributed by atoms with Gasteiger partial charge in [0.05, 0.1) is 0 Å². The fraction of sp³-hybridized carbons (Fsp3) is 0.235. The molecule has 0 aliphatic heterocycles. The Labute approximate surface area is 131 Å². The van der Waals surface area contributed by atoms with E-state index >= 15 is 0 Å². The summed E-state index contributed by atoms with van der Waals surface area (Å²) in [5, 5.41) is 2.94. The summed E-state index contributed by atoms with van der Waals surface area (Å²) in [6, 6.07) is 12.4. The van der Waals surface area contributed by atoms with E-state index in [-0.39, 0.29) is 17.6 Å².